The molecule has 2 aromatic rings. The van der Waals surface area contributed by atoms with Crippen LogP contribution in [0.1, 0.15) is 11.8 Å². The first-order chi connectivity index (χ1) is 8.12. The van der Waals surface area contributed by atoms with Gasteiger partial charge in [-0.1, -0.05) is 25.1 Å². The number of sulfonamides is 1. The molecular weight excluding hydrogens is 256 g/mol. The monoisotopic (exact) mass is 268 g/mol. The Morgan fingerprint density at radius 2 is 2.00 bits per heavy atom. The van der Waals surface area contributed by atoms with E-state index in [2.05, 4.69) is 9.71 Å². The number of aromatic nitrogens is 1. The van der Waals surface area contributed by atoms with Gasteiger partial charge in [0.2, 0.25) is 0 Å². The Hall–Kier alpha value is -1.40. The van der Waals surface area contributed by atoms with Gasteiger partial charge in [-0.3, -0.25) is 4.72 Å². The van der Waals surface area contributed by atoms with Gasteiger partial charge in [0.25, 0.3) is 10.0 Å². The van der Waals surface area contributed by atoms with Gasteiger partial charge in [0, 0.05) is 11.1 Å². The van der Waals surface area contributed by atoms with Crippen LogP contribution in [-0.4, -0.2) is 13.4 Å². The number of nitrogens with zero attached hydrogens (tertiary/aromatic N) is 1. The molecule has 6 heteroatoms. The molecule has 90 valence electrons. The summed E-state index contributed by atoms with van der Waals surface area (Å²) >= 11 is 1.35. The van der Waals surface area contributed by atoms with E-state index in [0.29, 0.717) is 5.13 Å². The van der Waals surface area contributed by atoms with E-state index in [9.17, 15) is 8.42 Å². The Bertz CT molecular complexity index is 591. The maximum atomic E-state index is 12.0. The SMILES string of the molecule is CCc1cnc(NS(=O)(=O)c2ccccc2)s1. The Balaban J connectivity index is 2.24. The predicted octanol–water partition coefficient (Wildman–Crippen LogP) is 2.51. The minimum absolute atomic E-state index is 0.244. The molecule has 1 heterocycles. The van der Waals surface area contributed by atoms with E-state index in [-0.39, 0.29) is 4.90 Å². The van der Waals surface area contributed by atoms with Crippen molar-refractivity contribution in [1.82, 2.24) is 4.98 Å². The average molecular weight is 268 g/mol. The van der Waals surface area contributed by atoms with Crippen LogP contribution in [0.3, 0.4) is 0 Å². The van der Waals surface area contributed by atoms with Crippen LogP contribution in [0.25, 0.3) is 0 Å². The molecule has 4 nitrogen and oxygen atoms in total. The molecule has 0 saturated carbocycles. The Morgan fingerprint density at radius 1 is 1.29 bits per heavy atom. The fraction of sp³-hybridized carbons (Fsp3) is 0.182. The van der Waals surface area contributed by atoms with E-state index in [4.69, 9.17) is 0 Å². The van der Waals surface area contributed by atoms with Crippen molar-refractivity contribution < 1.29 is 8.42 Å². The molecule has 0 atom stereocenters. The highest BCUT2D eigenvalue weighted by atomic mass is 32.2. The molecule has 0 amide bonds. The largest absolute Gasteiger partial charge is 0.263 e. The first-order valence-corrected chi connectivity index (χ1v) is 7.44. The fourth-order valence-electron chi connectivity index (χ4n) is 1.29. The minimum Gasteiger partial charge on any atom is -0.255 e. The lowest BCUT2D eigenvalue weighted by atomic mass is 10.4. The molecule has 0 aliphatic rings. The Kier molecular flexibility index (Phi) is 3.44. The lowest BCUT2D eigenvalue weighted by molar-refractivity contribution is 0.601. The van der Waals surface area contributed by atoms with Gasteiger partial charge in [-0.15, -0.1) is 11.3 Å². The van der Waals surface area contributed by atoms with E-state index in [0.717, 1.165) is 11.3 Å². The molecule has 0 aliphatic heterocycles. The van der Waals surface area contributed by atoms with Crippen molar-refractivity contribution in [1.29, 1.82) is 0 Å². The average Bonchev–Trinajstić information content (AvgIpc) is 2.77. The Labute approximate surface area is 104 Å². The molecule has 1 aromatic heterocycles. The summed E-state index contributed by atoms with van der Waals surface area (Å²) in [6.07, 6.45) is 2.54. The summed E-state index contributed by atoms with van der Waals surface area (Å²) in [6.45, 7) is 2.00. The van der Waals surface area contributed by atoms with Crippen LogP contribution >= 0.6 is 11.3 Å². The van der Waals surface area contributed by atoms with Gasteiger partial charge in [0.05, 0.1) is 4.90 Å². The predicted molar refractivity (Wildman–Crippen MR) is 68.7 cm³/mol. The van der Waals surface area contributed by atoms with Crippen LogP contribution in [0.2, 0.25) is 0 Å². The van der Waals surface area contributed by atoms with Crippen LogP contribution < -0.4 is 4.72 Å². The van der Waals surface area contributed by atoms with Crippen molar-refractivity contribution in [2.75, 3.05) is 4.72 Å². The van der Waals surface area contributed by atoms with Gasteiger partial charge in [0.1, 0.15) is 0 Å². The second kappa shape index (κ2) is 4.85. The standard InChI is InChI=1S/C11H12N2O2S2/c1-2-9-8-12-11(16-9)13-17(14,15)10-6-4-3-5-7-10/h3-8H,2H2,1H3,(H,12,13). The third-order valence-electron chi connectivity index (χ3n) is 2.18. The zero-order valence-electron chi connectivity index (χ0n) is 9.25. The number of anilines is 1. The summed E-state index contributed by atoms with van der Waals surface area (Å²) in [7, 11) is -3.51. The summed E-state index contributed by atoms with van der Waals surface area (Å²) in [5, 5.41) is 0.408. The number of hydrogen-bond donors (Lipinski definition) is 1. The van der Waals surface area contributed by atoms with Gasteiger partial charge in [-0.05, 0) is 18.6 Å². The first-order valence-electron chi connectivity index (χ1n) is 5.14. The summed E-state index contributed by atoms with van der Waals surface area (Å²) in [5.41, 5.74) is 0. The van der Waals surface area contributed by atoms with Gasteiger partial charge < -0.3 is 0 Å². The summed E-state index contributed by atoms with van der Waals surface area (Å²) in [4.78, 5) is 5.32. The number of hydrogen-bond acceptors (Lipinski definition) is 4. The molecule has 0 fully saturated rings. The van der Waals surface area contributed by atoms with Gasteiger partial charge in [-0.25, -0.2) is 13.4 Å². The number of benzene rings is 1. The fourth-order valence-corrected chi connectivity index (χ4v) is 3.31. The quantitative estimate of drug-likeness (QED) is 0.927. The number of rotatable bonds is 4. The van der Waals surface area contributed by atoms with Crippen LogP contribution in [0.4, 0.5) is 5.13 Å². The summed E-state index contributed by atoms with van der Waals surface area (Å²) in [6, 6.07) is 8.26. The molecule has 0 bridgehead atoms. The molecule has 2 rings (SSSR count). The van der Waals surface area contributed by atoms with E-state index >= 15 is 0 Å². The van der Waals surface area contributed by atoms with Crippen LogP contribution in [0, 0.1) is 0 Å². The Morgan fingerprint density at radius 3 is 2.59 bits per heavy atom. The van der Waals surface area contributed by atoms with E-state index in [1.807, 2.05) is 6.92 Å². The van der Waals surface area contributed by atoms with Gasteiger partial charge in [-0.2, -0.15) is 0 Å². The second-order valence-corrected chi connectivity index (χ2v) is 6.20. The summed E-state index contributed by atoms with van der Waals surface area (Å²) in [5.74, 6) is 0. The van der Waals surface area contributed by atoms with Crippen LogP contribution in [0.15, 0.2) is 41.4 Å². The third-order valence-corrected chi connectivity index (χ3v) is 4.72. The zero-order valence-corrected chi connectivity index (χ0v) is 10.9. The van der Waals surface area contributed by atoms with Crippen LogP contribution in [0.5, 0.6) is 0 Å². The minimum atomic E-state index is -3.51. The maximum absolute atomic E-state index is 12.0. The molecular formula is C11H12N2O2S2. The topological polar surface area (TPSA) is 59.1 Å². The highest BCUT2D eigenvalue weighted by molar-refractivity contribution is 7.93. The maximum Gasteiger partial charge on any atom is 0.263 e. The normalized spacial score (nSPS) is 11.4. The summed E-state index contributed by atoms with van der Waals surface area (Å²) < 4.78 is 26.4. The lowest BCUT2D eigenvalue weighted by Gasteiger charge is -2.03. The zero-order chi connectivity index (χ0) is 12.3. The molecule has 0 saturated heterocycles. The number of nitrogens with one attached hydrogen (secondary N) is 1. The van der Waals surface area contributed by atoms with Crippen LogP contribution in [-0.2, 0) is 16.4 Å². The third kappa shape index (κ3) is 2.83. The van der Waals surface area contributed by atoms with Gasteiger partial charge >= 0.3 is 0 Å². The van der Waals surface area contributed by atoms with Crippen molar-refractivity contribution in [2.24, 2.45) is 0 Å². The lowest BCUT2D eigenvalue weighted by Crippen LogP contribution is -2.12. The van der Waals surface area contributed by atoms with Crippen molar-refractivity contribution in [3.8, 4) is 0 Å². The molecule has 0 aliphatic carbocycles. The second-order valence-electron chi connectivity index (χ2n) is 3.40. The molecule has 17 heavy (non-hydrogen) atoms. The van der Waals surface area contributed by atoms with E-state index in [1.54, 1.807) is 36.5 Å². The smallest absolute Gasteiger partial charge is 0.255 e. The molecule has 1 aromatic carbocycles. The highest BCUT2D eigenvalue weighted by Gasteiger charge is 2.15. The molecule has 0 spiro atoms. The number of aryl methyl sites for hydroxylation is 1. The van der Waals surface area contributed by atoms with Crippen molar-refractivity contribution in [3.63, 3.8) is 0 Å². The van der Waals surface area contributed by atoms with Crippen molar-refractivity contribution in [3.05, 3.63) is 41.4 Å². The van der Waals surface area contributed by atoms with E-state index < -0.39 is 10.0 Å². The number of thiazole rings is 1. The van der Waals surface area contributed by atoms with Gasteiger partial charge in [0.15, 0.2) is 5.13 Å². The molecule has 1 N–H and O–H groups in total. The molecule has 0 radical (unpaired) electrons. The van der Waals surface area contributed by atoms with E-state index in [1.165, 1.54) is 11.3 Å². The molecule has 0 unspecified atom stereocenters. The highest BCUT2D eigenvalue weighted by Crippen LogP contribution is 2.21. The van der Waals surface area contributed by atoms with Crippen molar-refractivity contribution >= 4 is 26.5 Å². The first kappa shape index (κ1) is 12.1. The van der Waals surface area contributed by atoms with Crippen molar-refractivity contribution in [2.45, 2.75) is 18.2 Å².